The Morgan fingerprint density at radius 1 is 1.14 bits per heavy atom. The van der Waals surface area contributed by atoms with Crippen LogP contribution >= 0.6 is 11.8 Å². The number of benzene rings is 2. The van der Waals surface area contributed by atoms with Crippen LogP contribution in [-0.2, 0) is 9.59 Å². The molecule has 1 atom stereocenters. The molecule has 5 heteroatoms. The Morgan fingerprint density at radius 2 is 1.86 bits per heavy atom. The van der Waals surface area contributed by atoms with Crippen LogP contribution < -0.4 is 10.6 Å². The van der Waals surface area contributed by atoms with Gasteiger partial charge < -0.3 is 10.6 Å². The molecule has 2 aromatic rings. The van der Waals surface area contributed by atoms with Gasteiger partial charge in [-0.2, -0.15) is 11.8 Å². The van der Waals surface area contributed by atoms with Gasteiger partial charge in [-0.15, -0.1) is 0 Å². The second-order valence-electron chi connectivity index (χ2n) is 5.05. The number of nitrogens with one attached hydrogen (secondary N) is 2. The van der Waals surface area contributed by atoms with Crippen LogP contribution in [0.4, 0.5) is 5.69 Å². The third kappa shape index (κ3) is 4.24. The highest BCUT2D eigenvalue weighted by Crippen LogP contribution is 2.23. The van der Waals surface area contributed by atoms with E-state index in [1.807, 2.05) is 48.7 Å². The van der Waals surface area contributed by atoms with Crippen molar-refractivity contribution in [1.29, 1.82) is 0 Å². The van der Waals surface area contributed by atoms with Crippen molar-refractivity contribution in [1.82, 2.24) is 5.32 Å². The molecule has 0 unspecified atom stereocenters. The Balaban J connectivity index is 2.18. The molecular weight excluding hydrogens is 296 g/mol. The number of hydrogen-bond acceptors (Lipinski definition) is 3. The lowest BCUT2D eigenvalue weighted by molar-refractivity contribution is -0.125. The number of hydrogen-bond donors (Lipinski definition) is 2. The van der Waals surface area contributed by atoms with E-state index in [9.17, 15) is 9.59 Å². The molecule has 22 heavy (non-hydrogen) atoms. The lowest BCUT2D eigenvalue weighted by Crippen LogP contribution is -2.43. The largest absolute Gasteiger partial charge is 0.345 e. The summed E-state index contributed by atoms with van der Waals surface area (Å²) in [4.78, 5) is 23.8. The standard InChI is InChI=1S/C17H20N2O2S/c1-12(20)18-16(10-11-22-2)17(21)19-15-9-5-7-13-6-3-4-8-14(13)15/h3-9,16H,10-11H2,1-2H3,(H,18,20)(H,19,21)/t16-/m0/s1. The zero-order valence-corrected chi connectivity index (χ0v) is 13.6. The topological polar surface area (TPSA) is 58.2 Å². The second-order valence-corrected chi connectivity index (χ2v) is 6.04. The number of carbonyl (C=O) groups is 2. The molecule has 0 aliphatic carbocycles. The monoisotopic (exact) mass is 316 g/mol. The molecule has 0 spiro atoms. The van der Waals surface area contributed by atoms with Gasteiger partial charge >= 0.3 is 0 Å². The first-order valence-corrected chi connectivity index (χ1v) is 8.56. The fraction of sp³-hybridized carbons (Fsp3) is 0.294. The predicted octanol–water partition coefficient (Wildman–Crippen LogP) is 3.04. The first-order chi connectivity index (χ1) is 10.6. The van der Waals surface area contributed by atoms with Crippen LogP contribution in [0.3, 0.4) is 0 Å². The zero-order chi connectivity index (χ0) is 15.9. The summed E-state index contributed by atoms with van der Waals surface area (Å²) in [7, 11) is 0. The van der Waals surface area contributed by atoms with Crippen molar-refractivity contribution < 1.29 is 9.59 Å². The Hall–Kier alpha value is -2.01. The summed E-state index contributed by atoms with van der Waals surface area (Å²) in [6.45, 7) is 1.43. The molecular formula is C17H20N2O2S. The predicted molar refractivity (Wildman–Crippen MR) is 93.2 cm³/mol. The number of fused-ring (bicyclic) bond motifs is 1. The van der Waals surface area contributed by atoms with Gasteiger partial charge in [-0.1, -0.05) is 36.4 Å². The van der Waals surface area contributed by atoms with Crippen LogP contribution in [0.15, 0.2) is 42.5 Å². The van der Waals surface area contributed by atoms with Gasteiger partial charge in [0.25, 0.3) is 0 Å². The number of rotatable bonds is 6. The van der Waals surface area contributed by atoms with E-state index in [4.69, 9.17) is 0 Å². The van der Waals surface area contributed by atoms with E-state index < -0.39 is 6.04 Å². The van der Waals surface area contributed by atoms with E-state index in [0.29, 0.717) is 6.42 Å². The Morgan fingerprint density at radius 3 is 2.59 bits per heavy atom. The van der Waals surface area contributed by atoms with E-state index in [-0.39, 0.29) is 11.8 Å². The van der Waals surface area contributed by atoms with Gasteiger partial charge in [0.05, 0.1) is 0 Å². The van der Waals surface area contributed by atoms with Crippen molar-refractivity contribution in [2.45, 2.75) is 19.4 Å². The highest BCUT2D eigenvalue weighted by molar-refractivity contribution is 7.98. The summed E-state index contributed by atoms with van der Waals surface area (Å²) < 4.78 is 0. The first-order valence-electron chi connectivity index (χ1n) is 7.16. The maximum Gasteiger partial charge on any atom is 0.246 e. The molecule has 4 nitrogen and oxygen atoms in total. The average molecular weight is 316 g/mol. The van der Waals surface area contributed by atoms with Crippen LogP contribution in [0, 0.1) is 0 Å². The summed E-state index contributed by atoms with van der Waals surface area (Å²) in [6.07, 6.45) is 2.59. The van der Waals surface area contributed by atoms with Gasteiger partial charge in [0, 0.05) is 18.0 Å². The van der Waals surface area contributed by atoms with Gasteiger partial charge in [0.1, 0.15) is 6.04 Å². The van der Waals surface area contributed by atoms with Gasteiger partial charge in [-0.3, -0.25) is 9.59 Å². The van der Waals surface area contributed by atoms with E-state index in [1.54, 1.807) is 11.8 Å². The maximum atomic E-state index is 12.5. The van der Waals surface area contributed by atoms with Gasteiger partial charge in [-0.05, 0) is 29.9 Å². The van der Waals surface area contributed by atoms with Crippen molar-refractivity contribution in [3.05, 3.63) is 42.5 Å². The van der Waals surface area contributed by atoms with Crippen LogP contribution in [0.25, 0.3) is 10.8 Å². The Bertz CT molecular complexity index is 667. The first kappa shape index (κ1) is 16.4. The summed E-state index contributed by atoms with van der Waals surface area (Å²) >= 11 is 1.65. The van der Waals surface area contributed by atoms with E-state index in [1.165, 1.54) is 6.92 Å². The minimum atomic E-state index is -0.510. The summed E-state index contributed by atoms with van der Waals surface area (Å²) in [5.41, 5.74) is 0.766. The molecule has 0 aliphatic rings. The third-order valence-corrected chi connectivity index (χ3v) is 4.00. The maximum absolute atomic E-state index is 12.5. The molecule has 0 bridgehead atoms. The molecule has 2 aromatic carbocycles. The summed E-state index contributed by atoms with van der Waals surface area (Å²) in [5, 5.41) is 7.72. The molecule has 0 saturated carbocycles. The number of thioether (sulfide) groups is 1. The highest BCUT2D eigenvalue weighted by atomic mass is 32.2. The molecule has 0 radical (unpaired) electrons. The van der Waals surface area contributed by atoms with Crippen molar-refractivity contribution >= 4 is 40.0 Å². The van der Waals surface area contributed by atoms with E-state index in [2.05, 4.69) is 10.6 Å². The van der Waals surface area contributed by atoms with Crippen molar-refractivity contribution in [2.24, 2.45) is 0 Å². The van der Waals surface area contributed by atoms with E-state index >= 15 is 0 Å². The quantitative estimate of drug-likeness (QED) is 0.861. The lowest BCUT2D eigenvalue weighted by atomic mass is 10.1. The number of carbonyl (C=O) groups excluding carboxylic acids is 2. The summed E-state index contributed by atoms with van der Waals surface area (Å²) in [6, 6.07) is 13.2. The normalized spacial score (nSPS) is 11.9. The molecule has 2 rings (SSSR count). The zero-order valence-electron chi connectivity index (χ0n) is 12.8. The van der Waals surface area contributed by atoms with Crippen molar-refractivity contribution in [3.8, 4) is 0 Å². The minimum absolute atomic E-state index is 0.180. The third-order valence-electron chi connectivity index (χ3n) is 3.35. The number of amides is 2. The Kier molecular flexibility index (Phi) is 5.83. The molecule has 2 N–H and O–H groups in total. The summed E-state index contributed by atoms with van der Waals surface area (Å²) in [5.74, 6) is 0.438. The molecule has 0 aromatic heterocycles. The molecule has 0 fully saturated rings. The van der Waals surface area contributed by atoms with Crippen LogP contribution in [-0.4, -0.2) is 29.9 Å². The van der Waals surface area contributed by atoms with Crippen LogP contribution in [0.2, 0.25) is 0 Å². The fourth-order valence-corrected chi connectivity index (χ4v) is 2.78. The Labute approximate surface area is 134 Å². The average Bonchev–Trinajstić information content (AvgIpc) is 2.51. The van der Waals surface area contributed by atoms with Crippen LogP contribution in [0.5, 0.6) is 0 Å². The van der Waals surface area contributed by atoms with Gasteiger partial charge in [0.2, 0.25) is 11.8 Å². The lowest BCUT2D eigenvalue weighted by Gasteiger charge is -2.18. The van der Waals surface area contributed by atoms with Crippen molar-refractivity contribution in [2.75, 3.05) is 17.3 Å². The fourth-order valence-electron chi connectivity index (χ4n) is 2.30. The minimum Gasteiger partial charge on any atom is -0.345 e. The SMILES string of the molecule is CSCC[C@H](NC(C)=O)C(=O)Nc1cccc2ccccc12. The van der Waals surface area contributed by atoms with Crippen LogP contribution in [0.1, 0.15) is 13.3 Å². The number of anilines is 1. The van der Waals surface area contributed by atoms with Gasteiger partial charge in [-0.25, -0.2) is 0 Å². The second kappa shape index (κ2) is 7.84. The van der Waals surface area contributed by atoms with E-state index in [0.717, 1.165) is 22.2 Å². The highest BCUT2D eigenvalue weighted by Gasteiger charge is 2.19. The molecule has 0 saturated heterocycles. The molecule has 116 valence electrons. The molecule has 2 amide bonds. The van der Waals surface area contributed by atoms with Gasteiger partial charge in [0.15, 0.2) is 0 Å². The molecule has 0 heterocycles. The smallest absolute Gasteiger partial charge is 0.246 e. The molecule has 0 aliphatic heterocycles. The van der Waals surface area contributed by atoms with Crippen molar-refractivity contribution in [3.63, 3.8) is 0 Å².